The Kier molecular flexibility index (Phi) is 6.67. The van der Waals surface area contributed by atoms with Gasteiger partial charge in [0.25, 0.3) is 0 Å². The summed E-state index contributed by atoms with van der Waals surface area (Å²) in [6.07, 6.45) is 3.45. The average molecular weight is 427 g/mol. The molecule has 2 aliphatic rings. The predicted octanol–water partition coefficient (Wildman–Crippen LogP) is 3.02. The molecule has 1 heterocycles. The number of anilines is 2. The van der Waals surface area contributed by atoms with Crippen molar-refractivity contribution in [1.82, 2.24) is 9.80 Å². The Morgan fingerprint density at radius 2 is 1.47 bits per heavy atom. The number of para-hydroxylation sites is 1. The molecule has 1 saturated heterocycles. The minimum Gasteiger partial charge on any atom is -0.325 e. The van der Waals surface area contributed by atoms with E-state index in [9.17, 15) is 9.59 Å². The summed E-state index contributed by atoms with van der Waals surface area (Å²) in [5, 5.41) is 6.41. The third-order valence-corrected chi connectivity index (χ3v) is 6.06. The van der Waals surface area contributed by atoms with E-state index in [0.717, 1.165) is 44.7 Å². The van der Waals surface area contributed by atoms with Crippen LogP contribution in [0.2, 0.25) is 5.02 Å². The van der Waals surface area contributed by atoms with Gasteiger partial charge in [-0.25, -0.2) is 0 Å². The van der Waals surface area contributed by atoms with Gasteiger partial charge in [-0.3, -0.25) is 19.4 Å². The highest BCUT2D eigenvalue weighted by atomic mass is 35.5. The van der Waals surface area contributed by atoms with Crippen LogP contribution < -0.4 is 10.6 Å². The topological polar surface area (TPSA) is 64.7 Å². The standard InChI is InChI=1S/C23H27ClN4O2/c24-20-6-1-2-7-21(20)26-23(30)16-28-12-10-27(11-13-28)15-22(29)25-19-9-8-17-4-3-5-18(17)14-19/h1-2,6-9,14H,3-5,10-13,15-16H2,(H,25,29)(H,26,30). The Bertz CT molecular complexity index is 925. The van der Waals surface area contributed by atoms with E-state index in [1.165, 1.54) is 17.5 Å². The Morgan fingerprint density at radius 1 is 0.833 bits per heavy atom. The largest absolute Gasteiger partial charge is 0.325 e. The summed E-state index contributed by atoms with van der Waals surface area (Å²) in [6, 6.07) is 13.4. The molecule has 4 rings (SSSR count). The first-order chi connectivity index (χ1) is 14.6. The van der Waals surface area contributed by atoms with Crippen molar-refractivity contribution < 1.29 is 9.59 Å². The molecule has 0 radical (unpaired) electrons. The number of hydrogen-bond donors (Lipinski definition) is 2. The molecule has 30 heavy (non-hydrogen) atoms. The van der Waals surface area contributed by atoms with Crippen LogP contribution >= 0.6 is 11.6 Å². The van der Waals surface area contributed by atoms with E-state index in [-0.39, 0.29) is 11.8 Å². The fraction of sp³-hybridized carbons (Fsp3) is 0.391. The van der Waals surface area contributed by atoms with Crippen molar-refractivity contribution in [1.29, 1.82) is 0 Å². The highest BCUT2D eigenvalue weighted by molar-refractivity contribution is 6.33. The number of nitrogens with zero attached hydrogens (tertiary/aromatic N) is 2. The highest BCUT2D eigenvalue weighted by Crippen LogP contribution is 2.25. The first kappa shape index (κ1) is 20.8. The van der Waals surface area contributed by atoms with Crippen LogP contribution in [0.5, 0.6) is 0 Å². The van der Waals surface area contributed by atoms with Crippen LogP contribution in [0, 0.1) is 0 Å². The monoisotopic (exact) mass is 426 g/mol. The Labute approximate surface area is 182 Å². The van der Waals surface area contributed by atoms with E-state index in [1.54, 1.807) is 12.1 Å². The summed E-state index contributed by atoms with van der Waals surface area (Å²) in [4.78, 5) is 28.9. The van der Waals surface area contributed by atoms with Crippen LogP contribution in [0.15, 0.2) is 42.5 Å². The number of hydrogen-bond acceptors (Lipinski definition) is 4. The van der Waals surface area contributed by atoms with Crippen molar-refractivity contribution in [3.05, 3.63) is 58.6 Å². The van der Waals surface area contributed by atoms with E-state index < -0.39 is 0 Å². The van der Waals surface area contributed by atoms with Crippen LogP contribution in [0.4, 0.5) is 11.4 Å². The molecule has 2 N–H and O–H groups in total. The third-order valence-electron chi connectivity index (χ3n) is 5.73. The van der Waals surface area contributed by atoms with Gasteiger partial charge in [0, 0.05) is 31.9 Å². The Hall–Kier alpha value is -2.41. The quantitative estimate of drug-likeness (QED) is 0.745. The lowest BCUT2D eigenvalue weighted by atomic mass is 10.1. The zero-order valence-electron chi connectivity index (χ0n) is 17.0. The predicted molar refractivity (Wildman–Crippen MR) is 120 cm³/mol. The minimum absolute atomic E-state index is 0.0119. The highest BCUT2D eigenvalue weighted by Gasteiger charge is 2.21. The van der Waals surface area contributed by atoms with Crippen LogP contribution in [-0.2, 0) is 22.4 Å². The van der Waals surface area contributed by atoms with Crippen LogP contribution in [-0.4, -0.2) is 60.9 Å². The van der Waals surface area contributed by atoms with Gasteiger partial charge in [0.1, 0.15) is 0 Å². The molecular formula is C23H27ClN4O2. The maximum absolute atomic E-state index is 12.4. The SMILES string of the molecule is O=C(CN1CCN(CC(=O)Nc2ccccc2Cl)CC1)Nc1ccc2c(c1)CCC2. The molecule has 0 atom stereocenters. The van der Waals surface area contributed by atoms with Crippen LogP contribution in [0.1, 0.15) is 17.5 Å². The van der Waals surface area contributed by atoms with Crippen molar-refractivity contribution in [3.63, 3.8) is 0 Å². The Morgan fingerprint density at radius 3 is 2.17 bits per heavy atom. The summed E-state index contributed by atoms with van der Waals surface area (Å²) in [7, 11) is 0. The van der Waals surface area contributed by atoms with Gasteiger partial charge >= 0.3 is 0 Å². The molecule has 0 spiro atoms. The molecule has 0 bridgehead atoms. The summed E-state index contributed by atoms with van der Waals surface area (Å²) < 4.78 is 0. The van der Waals surface area contributed by atoms with E-state index in [0.29, 0.717) is 23.8 Å². The molecule has 2 aromatic carbocycles. The second kappa shape index (κ2) is 9.60. The summed E-state index contributed by atoms with van der Waals surface area (Å²) in [6.45, 7) is 3.72. The molecular weight excluding hydrogens is 400 g/mol. The zero-order valence-corrected chi connectivity index (χ0v) is 17.8. The molecule has 2 amide bonds. The molecule has 0 unspecified atom stereocenters. The second-order valence-corrected chi connectivity index (χ2v) is 8.37. The fourth-order valence-corrected chi connectivity index (χ4v) is 4.30. The van der Waals surface area contributed by atoms with Crippen molar-refractivity contribution in [2.75, 3.05) is 49.9 Å². The van der Waals surface area contributed by atoms with Gasteiger partial charge in [-0.15, -0.1) is 0 Å². The van der Waals surface area contributed by atoms with Crippen molar-refractivity contribution in [2.24, 2.45) is 0 Å². The molecule has 158 valence electrons. The molecule has 1 aliphatic heterocycles. The molecule has 2 aromatic rings. The summed E-state index contributed by atoms with van der Waals surface area (Å²) >= 11 is 6.09. The third kappa shape index (κ3) is 5.39. The van der Waals surface area contributed by atoms with Gasteiger partial charge in [0.05, 0.1) is 23.8 Å². The normalized spacial score (nSPS) is 16.8. The Balaban J connectivity index is 1.19. The number of fused-ring (bicyclic) bond motifs is 1. The van der Waals surface area contributed by atoms with Gasteiger partial charge in [-0.05, 0) is 54.7 Å². The maximum Gasteiger partial charge on any atom is 0.238 e. The van der Waals surface area contributed by atoms with Crippen LogP contribution in [0.3, 0.4) is 0 Å². The molecule has 1 fully saturated rings. The van der Waals surface area contributed by atoms with Crippen molar-refractivity contribution in [3.8, 4) is 0 Å². The van der Waals surface area contributed by atoms with Gasteiger partial charge < -0.3 is 10.6 Å². The van der Waals surface area contributed by atoms with Gasteiger partial charge in [-0.2, -0.15) is 0 Å². The molecule has 7 heteroatoms. The minimum atomic E-state index is -0.0779. The van der Waals surface area contributed by atoms with E-state index >= 15 is 0 Å². The lowest BCUT2D eigenvalue weighted by Gasteiger charge is -2.33. The maximum atomic E-state index is 12.4. The molecule has 6 nitrogen and oxygen atoms in total. The number of piperazine rings is 1. The number of carbonyl (C=O) groups is 2. The second-order valence-electron chi connectivity index (χ2n) is 7.97. The van der Waals surface area contributed by atoms with E-state index in [2.05, 4.69) is 32.6 Å². The van der Waals surface area contributed by atoms with Gasteiger partial charge in [0.2, 0.25) is 11.8 Å². The lowest BCUT2D eigenvalue weighted by Crippen LogP contribution is -2.50. The van der Waals surface area contributed by atoms with Crippen LogP contribution in [0.25, 0.3) is 0 Å². The smallest absolute Gasteiger partial charge is 0.238 e. The average Bonchev–Trinajstić information content (AvgIpc) is 3.19. The summed E-state index contributed by atoms with van der Waals surface area (Å²) in [5.41, 5.74) is 4.28. The fourth-order valence-electron chi connectivity index (χ4n) is 4.11. The number of carbonyl (C=O) groups excluding carboxylic acids is 2. The number of amides is 2. The first-order valence-electron chi connectivity index (χ1n) is 10.5. The number of nitrogens with one attached hydrogen (secondary N) is 2. The van der Waals surface area contributed by atoms with Crippen molar-refractivity contribution >= 4 is 34.8 Å². The van der Waals surface area contributed by atoms with Gasteiger partial charge in [0.15, 0.2) is 0 Å². The zero-order chi connectivity index (χ0) is 20.9. The van der Waals surface area contributed by atoms with Gasteiger partial charge in [-0.1, -0.05) is 29.8 Å². The van der Waals surface area contributed by atoms with Crippen molar-refractivity contribution in [2.45, 2.75) is 19.3 Å². The lowest BCUT2D eigenvalue weighted by molar-refractivity contribution is -0.120. The van der Waals surface area contributed by atoms with E-state index in [4.69, 9.17) is 11.6 Å². The van der Waals surface area contributed by atoms with E-state index in [1.807, 2.05) is 18.2 Å². The molecule has 1 aliphatic carbocycles. The number of aryl methyl sites for hydroxylation is 2. The molecule has 0 aromatic heterocycles. The molecule has 0 saturated carbocycles. The number of benzene rings is 2. The number of rotatable bonds is 6. The number of halogens is 1. The first-order valence-corrected chi connectivity index (χ1v) is 10.9. The summed E-state index contributed by atoms with van der Waals surface area (Å²) in [5.74, 6) is -0.0660.